The molecule has 4 rings (SSSR count). The third-order valence-electron chi connectivity index (χ3n) is 4.65. The number of fused-ring (bicyclic) bond motifs is 1. The van der Waals surface area contributed by atoms with Crippen molar-refractivity contribution in [1.29, 1.82) is 0 Å². The first-order valence-electron chi connectivity index (χ1n) is 9.44. The minimum Gasteiger partial charge on any atom is -0.481 e. The summed E-state index contributed by atoms with van der Waals surface area (Å²) in [7, 11) is 0. The van der Waals surface area contributed by atoms with Gasteiger partial charge in [-0.25, -0.2) is 0 Å². The monoisotopic (exact) mass is 418 g/mol. The van der Waals surface area contributed by atoms with E-state index < -0.39 is 0 Å². The summed E-state index contributed by atoms with van der Waals surface area (Å²) in [5.74, 6) is 0.192. The summed E-state index contributed by atoms with van der Waals surface area (Å²) in [6.45, 7) is 0.430. The molecule has 6 heteroatoms. The van der Waals surface area contributed by atoms with Crippen LogP contribution >= 0.6 is 11.6 Å². The van der Waals surface area contributed by atoms with Gasteiger partial charge in [-0.2, -0.15) is 0 Å². The molecule has 3 aromatic rings. The van der Waals surface area contributed by atoms with Crippen molar-refractivity contribution in [2.24, 2.45) is 0 Å². The second kappa shape index (κ2) is 8.84. The molecule has 1 N–H and O–H groups in total. The topological polar surface area (TPSA) is 58.6 Å². The van der Waals surface area contributed by atoms with E-state index in [0.29, 0.717) is 28.7 Å². The Morgan fingerprint density at radius 2 is 1.83 bits per heavy atom. The molecule has 2 amide bonds. The van der Waals surface area contributed by atoms with Crippen LogP contribution in [0.4, 0.5) is 11.4 Å². The van der Waals surface area contributed by atoms with Crippen LogP contribution in [0.5, 0.6) is 5.75 Å². The molecule has 0 atom stereocenters. The molecule has 0 radical (unpaired) electrons. The van der Waals surface area contributed by atoms with E-state index in [2.05, 4.69) is 5.32 Å². The molecule has 5 nitrogen and oxygen atoms in total. The van der Waals surface area contributed by atoms with E-state index in [9.17, 15) is 9.59 Å². The van der Waals surface area contributed by atoms with E-state index in [1.54, 1.807) is 41.3 Å². The van der Waals surface area contributed by atoms with Crippen LogP contribution in [0.2, 0.25) is 5.02 Å². The number of carbonyl (C=O) groups excluding carboxylic acids is 2. The zero-order valence-corrected chi connectivity index (χ0v) is 16.8. The summed E-state index contributed by atoms with van der Waals surface area (Å²) in [6, 6.07) is 22.2. The fourth-order valence-corrected chi connectivity index (χ4v) is 3.28. The minimum atomic E-state index is -0.266. The van der Waals surface area contributed by atoms with Crippen LogP contribution in [0.1, 0.15) is 11.1 Å². The number of amides is 2. The SMILES string of the molecule is O=C(/C=C/c1ccc(Cl)cc1)Nc1ccc2c(c1)OCC(=O)N2Cc1ccccc1. The van der Waals surface area contributed by atoms with E-state index in [4.69, 9.17) is 16.3 Å². The average molecular weight is 419 g/mol. The van der Waals surface area contributed by atoms with Crippen molar-refractivity contribution in [1.82, 2.24) is 0 Å². The van der Waals surface area contributed by atoms with Gasteiger partial charge in [0.05, 0.1) is 12.2 Å². The molecule has 1 aliphatic rings. The first-order chi connectivity index (χ1) is 14.6. The maximum Gasteiger partial charge on any atom is 0.265 e. The summed E-state index contributed by atoms with van der Waals surface area (Å²) < 4.78 is 5.59. The zero-order chi connectivity index (χ0) is 20.9. The Morgan fingerprint density at radius 1 is 1.07 bits per heavy atom. The van der Waals surface area contributed by atoms with Crippen LogP contribution in [0, 0.1) is 0 Å². The van der Waals surface area contributed by atoms with Crippen molar-refractivity contribution >= 4 is 40.9 Å². The average Bonchev–Trinajstić information content (AvgIpc) is 2.76. The molecule has 0 spiro atoms. The van der Waals surface area contributed by atoms with Crippen LogP contribution < -0.4 is 15.0 Å². The Bertz CT molecular complexity index is 1100. The molecular weight excluding hydrogens is 400 g/mol. The molecule has 0 saturated carbocycles. The predicted octanol–water partition coefficient (Wildman–Crippen LogP) is 4.92. The van der Waals surface area contributed by atoms with Crippen molar-refractivity contribution in [3.05, 3.63) is 95.0 Å². The largest absolute Gasteiger partial charge is 0.481 e. The molecule has 0 aliphatic carbocycles. The van der Waals surface area contributed by atoms with Gasteiger partial charge in [-0.05, 0) is 41.5 Å². The third-order valence-corrected chi connectivity index (χ3v) is 4.90. The van der Waals surface area contributed by atoms with E-state index in [0.717, 1.165) is 11.1 Å². The van der Waals surface area contributed by atoms with Crippen LogP contribution in [0.3, 0.4) is 0 Å². The Morgan fingerprint density at radius 3 is 2.60 bits per heavy atom. The van der Waals surface area contributed by atoms with Gasteiger partial charge in [-0.3, -0.25) is 9.59 Å². The predicted molar refractivity (Wildman–Crippen MR) is 119 cm³/mol. The standard InChI is InChI=1S/C24H19ClN2O3/c25-19-9-6-17(7-10-19)8-13-23(28)26-20-11-12-21-22(14-20)30-16-24(29)27(21)15-18-4-2-1-3-5-18/h1-14H,15-16H2,(H,26,28)/b13-8+. The van der Waals surface area contributed by atoms with Gasteiger partial charge < -0.3 is 15.0 Å². The first-order valence-corrected chi connectivity index (χ1v) is 9.82. The number of benzene rings is 3. The Labute approximate surface area is 179 Å². The van der Waals surface area contributed by atoms with E-state index >= 15 is 0 Å². The summed E-state index contributed by atoms with van der Waals surface area (Å²) >= 11 is 5.86. The van der Waals surface area contributed by atoms with Gasteiger partial charge in [-0.15, -0.1) is 0 Å². The van der Waals surface area contributed by atoms with Crippen LogP contribution in [-0.4, -0.2) is 18.4 Å². The highest BCUT2D eigenvalue weighted by atomic mass is 35.5. The van der Waals surface area contributed by atoms with Crippen molar-refractivity contribution < 1.29 is 14.3 Å². The first kappa shape index (κ1) is 19.7. The third kappa shape index (κ3) is 4.70. The molecule has 30 heavy (non-hydrogen) atoms. The summed E-state index contributed by atoms with van der Waals surface area (Å²) in [4.78, 5) is 26.3. The maximum absolute atomic E-state index is 12.4. The molecule has 0 aromatic heterocycles. The van der Waals surface area contributed by atoms with Crippen LogP contribution in [0.25, 0.3) is 6.08 Å². The normalized spacial score (nSPS) is 13.1. The summed E-state index contributed by atoms with van der Waals surface area (Å²) in [5.41, 5.74) is 3.18. The molecule has 3 aromatic carbocycles. The van der Waals surface area contributed by atoms with Gasteiger partial charge in [0, 0.05) is 22.9 Å². The van der Waals surface area contributed by atoms with E-state index in [1.165, 1.54) is 6.08 Å². The van der Waals surface area contributed by atoms with Crippen molar-refractivity contribution in [3.63, 3.8) is 0 Å². The number of anilines is 2. The summed E-state index contributed by atoms with van der Waals surface area (Å²) in [5, 5.41) is 3.46. The molecule has 0 unspecified atom stereocenters. The molecule has 150 valence electrons. The molecule has 0 bridgehead atoms. The van der Waals surface area contributed by atoms with Gasteiger partial charge in [0.15, 0.2) is 6.61 Å². The fraction of sp³-hybridized carbons (Fsp3) is 0.0833. The zero-order valence-electron chi connectivity index (χ0n) is 16.0. The molecule has 1 heterocycles. The Balaban J connectivity index is 1.47. The smallest absolute Gasteiger partial charge is 0.265 e. The molecule has 0 saturated heterocycles. The quantitative estimate of drug-likeness (QED) is 0.598. The molecule has 0 fully saturated rings. The second-order valence-electron chi connectivity index (χ2n) is 6.81. The highest BCUT2D eigenvalue weighted by Crippen LogP contribution is 2.35. The van der Waals surface area contributed by atoms with Crippen molar-refractivity contribution in [2.75, 3.05) is 16.8 Å². The number of nitrogens with zero attached hydrogens (tertiary/aromatic N) is 1. The highest BCUT2D eigenvalue weighted by Gasteiger charge is 2.25. The lowest BCUT2D eigenvalue weighted by Gasteiger charge is -2.29. The molecular formula is C24H19ClN2O3. The number of ether oxygens (including phenoxy) is 1. The number of hydrogen-bond acceptors (Lipinski definition) is 3. The fourth-order valence-electron chi connectivity index (χ4n) is 3.15. The van der Waals surface area contributed by atoms with Crippen LogP contribution in [-0.2, 0) is 16.1 Å². The number of nitrogens with one attached hydrogen (secondary N) is 1. The Kier molecular flexibility index (Phi) is 5.82. The maximum atomic E-state index is 12.4. The Hall–Kier alpha value is -3.57. The lowest BCUT2D eigenvalue weighted by Crippen LogP contribution is -2.38. The van der Waals surface area contributed by atoms with Gasteiger partial charge >= 0.3 is 0 Å². The second-order valence-corrected chi connectivity index (χ2v) is 7.25. The van der Waals surface area contributed by atoms with Gasteiger partial charge in [-0.1, -0.05) is 54.1 Å². The lowest BCUT2D eigenvalue weighted by molar-refractivity contribution is -0.121. The van der Waals surface area contributed by atoms with Crippen molar-refractivity contribution in [2.45, 2.75) is 6.54 Å². The van der Waals surface area contributed by atoms with E-state index in [-0.39, 0.29) is 18.4 Å². The number of carbonyl (C=O) groups is 2. The number of hydrogen-bond donors (Lipinski definition) is 1. The number of halogens is 1. The van der Waals surface area contributed by atoms with Gasteiger partial charge in [0.25, 0.3) is 5.91 Å². The summed E-state index contributed by atoms with van der Waals surface area (Å²) in [6.07, 6.45) is 3.16. The van der Waals surface area contributed by atoms with E-state index in [1.807, 2.05) is 42.5 Å². The van der Waals surface area contributed by atoms with Crippen LogP contribution in [0.15, 0.2) is 78.9 Å². The molecule has 1 aliphatic heterocycles. The van der Waals surface area contributed by atoms with Gasteiger partial charge in [0.2, 0.25) is 5.91 Å². The lowest BCUT2D eigenvalue weighted by atomic mass is 10.1. The van der Waals surface area contributed by atoms with Gasteiger partial charge in [0.1, 0.15) is 5.75 Å². The highest BCUT2D eigenvalue weighted by molar-refractivity contribution is 6.30. The van der Waals surface area contributed by atoms with Crippen molar-refractivity contribution in [3.8, 4) is 5.75 Å². The number of rotatable bonds is 5. The minimum absolute atomic E-state index is 0.0340.